The molecule has 1 atom stereocenters. The van der Waals surface area contributed by atoms with E-state index in [1.165, 1.54) is 11.6 Å². The molecule has 9 heteroatoms. The van der Waals surface area contributed by atoms with Crippen LogP contribution in [-0.2, 0) is 16.1 Å². The number of aromatic nitrogens is 2. The fourth-order valence-corrected chi connectivity index (χ4v) is 2.70. The van der Waals surface area contributed by atoms with Crippen LogP contribution in [0.15, 0.2) is 18.2 Å². The van der Waals surface area contributed by atoms with E-state index in [1.807, 2.05) is 0 Å². The zero-order valence-corrected chi connectivity index (χ0v) is 14.0. The van der Waals surface area contributed by atoms with Crippen LogP contribution in [0, 0.1) is 24.0 Å². The number of carbonyl (C=O) groups is 1. The molecule has 0 unspecified atom stereocenters. The van der Waals surface area contributed by atoms with Gasteiger partial charge in [0.25, 0.3) is 0 Å². The van der Waals surface area contributed by atoms with Gasteiger partial charge in [-0.2, -0.15) is 5.10 Å². The third-order valence-electron chi connectivity index (χ3n) is 3.98. The molecule has 1 aliphatic rings. The molecule has 2 aromatic rings. The first kappa shape index (κ1) is 16.7. The summed E-state index contributed by atoms with van der Waals surface area (Å²) in [5.41, 5.74) is 1.25. The Morgan fingerprint density at radius 3 is 2.80 bits per heavy atom. The van der Waals surface area contributed by atoms with Gasteiger partial charge in [-0.25, -0.2) is 0 Å². The molecule has 0 aliphatic carbocycles. The second kappa shape index (κ2) is 6.42. The summed E-state index contributed by atoms with van der Waals surface area (Å²) in [4.78, 5) is 22.7. The Bertz CT molecular complexity index is 845. The van der Waals surface area contributed by atoms with Gasteiger partial charge >= 0.3 is 11.7 Å². The van der Waals surface area contributed by atoms with E-state index in [9.17, 15) is 14.9 Å². The molecule has 0 spiro atoms. The summed E-state index contributed by atoms with van der Waals surface area (Å²) in [6, 6.07) is 5.31. The number of fused-ring (bicyclic) bond motifs is 1. The Morgan fingerprint density at radius 1 is 1.40 bits per heavy atom. The highest BCUT2D eigenvalue weighted by Gasteiger charge is 2.24. The topological polar surface area (TPSA) is 106 Å². The SMILES string of the molecule is Cc1nn(CC(=O)O[C@@H](C)c2ccc3c(c2)OCO3)c(C)c1[N+](=O)[O-]. The average molecular weight is 347 g/mol. The largest absolute Gasteiger partial charge is 0.456 e. The minimum atomic E-state index is -0.536. The number of nitrogens with zero attached hydrogens (tertiary/aromatic N) is 3. The van der Waals surface area contributed by atoms with E-state index >= 15 is 0 Å². The van der Waals surface area contributed by atoms with E-state index in [1.54, 1.807) is 32.0 Å². The van der Waals surface area contributed by atoms with Gasteiger partial charge in [0.1, 0.15) is 24.0 Å². The van der Waals surface area contributed by atoms with Crippen molar-refractivity contribution in [3.63, 3.8) is 0 Å². The van der Waals surface area contributed by atoms with Crippen molar-refractivity contribution in [2.45, 2.75) is 33.4 Å². The number of benzene rings is 1. The fourth-order valence-electron chi connectivity index (χ4n) is 2.70. The van der Waals surface area contributed by atoms with Crippen molar-refractivity contribution in [3.8, 4) is 11.5 Å². The predicted molar refractivity (Wildman–Crippen MR) is 85.4 cm³/mol. The minimum Gasteiger partial charge on any atom is -0.456 e. The Labute approximate surface area is 143 Å². The van der Waals surface area contributed by atoms with Crippen LogP contribution < -0.4 is 9.47 Å². The molecule has 0 saturated carbocycles. The molecule has 2 heterocycles. The molecular formula is C16H17N3O6. The second-order valence-electron chi connectivity index (χ2n) is 5.68. The first-order chi connectivity index (χ1) is 11.9. The van der Waals surface area contributed by atoms with E-state index in [4.69, 9.17) is 14.2 Å². The van der Waals surface area contributed by atoms with Gasteiger partial charge in [0.05, 0.1) is 4.92 Å². The van der Waals surface area contributed by atoms with Gasteiger partial charge in [-0.3, -0.25) is 19.6 Å². The molecule has 3 rings (SSSR count). The van der Waals surface area contributed by atoms with Crippen molar-refractivity contribution in [1.29, 1.82) is 0 Å². The monoisotopic (exact) mass is 347 g/mol. The van der Waals surface area contributed by atoms with Crippen LogP contribution in [0.4, 0.5) is 5.69 Å². The smallest absolute Gasteiger partial charge is 0.328 e. The molecule has 0 radical (unpaired) electrons. The van der Waals surface area contributed by atoms with Crippen LogP contribution in [0.5, 0.6) is 11.5 Å². The van der Waals surface area contributed by atoms with E-state index < -0.39 is 17.0 Å². The van der Waals surface area contributed by atoms with Crippen molar-refractivity contribution < 1.29 is 23.9 Å². The quantitative estimate of drug-likeness (QED) is 0.464. The van der Waals surface area contributed by atoms with Gasteiger partial charge in [-0.05, 0) is 38.5 Å². The zero-order valence-electron chi connectivity index (χ0n) is 14.0. The summed E-state index contributed by atoms with van der Waals surface area (Å²) in [6.07, 6.45) is -0.506. The van der Waals surface area contributed by atoms with Crippen molar-refractivity contribution in [2.75, 3.05) is 6.79 Å². The summed E-state index contributed by atoms with van der Waals surface area (Å²) in [5, 5.41) is 15.0. The van der Waals surface area contributed by atoms with E-state index in [0.717, 1.165) is 5.56 Å². The van der Waals surface area contributed by atoms with Crippen LogP contribution in [0.1, 0.15) is 30.0 Å². The predicted octanol–water partition coefficient (Wildman–Crippen LogP) is 2.44. The molecule has 1 aromatic heterocycles. The maximum atomic E-state index is 12.2. The molecule has 0 N–H and O–H groups in total. The maximum Gasteiger partial charge on any atom is 0.328 e. The molecule has 0 bridgehead atoms. The molecule has 0 saturated heterocycles. The van der Waals surface area contributed by atoms with Gasteiger partial charge in [0.15, 0.2) is 11.5 Å². The fraction of sp³-hybridized carbons (Fsp3) is 0.375. The Balaban J connectivity index is 1.68. The molecule has 0 fully saturated rings. The van der Waals surface area contributed by atoms with Crippen molar-refractivity contribution in [1.82, 2.24) is 9.78 Å². The first-order valence-electron chi connectivity index (χ1n) is 7.64. The van der Waals surface area contributed by atoms with Crippen LogP contribution in [0.25, 0.3) is 0 Å². The number of rotatable bonds is 5. The molecule has 1 aliphatic heterocycles. The Morgan fingerprint density at radius 2 is 2.12 bits per heavy atom. The number of carbonyl (C=O) groups excluding carboxylic acids is 1. The number of esters is 1. The number of hydrogen-bond acceptors (Lipinski definition) is 7. The van der Waals surface area contributed by atoms with Gasteiger partial charge in [-0.1, -0.05) is 6.07 Å². The van der Waals surface area contributed by atoms with E-state index in [2.05, 4.69) is 5.10 Å². The van der Waals surface area contributed by atoms with Gasteiger partial charge in [0.2, 0.25) is 6.79 Å². The summed E-state index contributed by atoms with van der Waals surface area (Å²) in [7, 11) is 0. The normalized spacial score (nSPS) is 13.6. The molecule has 9 nitrogen and oxygen atoms in total. The highest BCUT2D eigenvalue weighted by molar-refractivity contribution is 5.70. The average Bonchev–Trinajstić information content (AvgIpc) is 3.10. The third-order valence-corrected chi connectivity index (χ3v) is 3.98. The molecule has 132 valence electrons. The number of nitro groups is 1. The first-order valence-corrected chi connectivity index (χ1v) is 7.64. The van der Waals surface area contributed by atoms with Crippen LogP contribution in [-0.4, -0.2) is 27.5 Å². The number of aryl methyl sites for hydroxylation is 1. The second-order valence-corrected chi connectivity index (χ2v) is 5.68. The molecule has 25 heavy (non-hydrogen) atoms. The number of ether oxygens (including phenoxy) is 3. The summed E-state index contributed by atoms with van der Waals surface area (Å²) in [6.45, 7) is 4.78. The Hall–Kier alpha value is -3.10. The van der Waals surface area contributed by atoms with Crippen molar-refractivity contribution in [3.05, 3.63) is 45.3 Å². The third kappa shape index (κ3) is 3.25. The van der Waals surface area contributed by atoms with Gasteiger partial charge in [-0.15, -0.1) is 0 Å². The lowest BCUT2D eigenvalue weighted by Gasteiger charge is -2.14. The maximum absolute atomic E-state index is 12.2. The van der Waals surface area contributed by atoms with E-state index in [0.29, 0.717) is 17.2 Å². The summed E-state index contributed by atoms with van der Waals surface area (Å²) in [5.74, 6) is 0.720. The van der Waals surface area contributed by atoms with Crippen LogP contribution >= 0.6 is 0 Å². The van der Waals surface area contributed by atoms with Crippen molar-refractivity contribution >= 4 is 11.7 Å². The van der Waals surface area contributed by atoms with E-state index in [-0.39, 0.29) is 24.7 Å². The van der Waals surface area contributed by atoms with Crippen LogP contribution in [0.2, 0.25) is 0 Å². The molecule has 0 amide bonds. The number of hydrogen-bond donors (Lipinski definition) is 0. The molecule has 1 aromatic carbocycles. The van der Waals surface area contributed by atoms with Crippen LogP contribution in [0.3, 0.4) is 0 Å². The minimum absolute atomic E-state index is 0.0865. The Kier molecular flexibility index (Phi) is 4.30. The van der Waals surface area contributed by atoms with Gasteiger partial charge in [0, 0.05) is 0 Å². The highest BCUT2D eigenvalue weighted by Crippen LogP contribution is 2.34. The summed E-state index contributed by atoms with van der Waals surface area (Å²) >= 11 is 0. The standard InChI is InChI=1S/C16H17N3O6/c1-9-16(19(21)22)10(2)18(17-9)7-15(20)25-11(3)12-4-5-13-14(6-12)24-8-23-13/h4-6,11H,7-8H2,1-3H3/t11-/m0/s1. The lowest BCUT2D eigenvalue weighted by atomic mass is 10.1. The zero-order chi connectivity index (χ0) is 18.1. The van der Waals surface area contributed by atoms with Gasteiger partial charge < -0.3 is 14.2 Å². The lowest BCUT2D eigenvalue weighted by Crippen LogP contribution is -2.17. The lowest BCUT2D eigenvalue weighted by molar-refractivity contribution is -0.386. The highest BCUT2D eigenvalue weighted by atomic mass is 16.7. The summed E-state index contributed by atoms with van der Waals surface area (Å²) < 4.78 is 17.2. The molecular weight excluding hydrogens is 330 g/mol. The van der Waals surface area contributed by atoms with Crippen molar-refractivity contribution in [2.24, 2.45) is 0 Å².